The summed E-state index contributed by atoms with van der Waals surface area (Å²) in [5.41, 5.74) is 8.89. The summed E-state index contributed by atoms with van der Waals surface area (Å²) in [4.78, 5) is 30.7. The SMILES string of the molecule is C[C@H](NC(=O)N1CCc2ncc(C#Cc3cnc(N)nc3)cc21)c1ccc(F)cn1. The minimum atomic E-state index is -0.420. The second kappa shape index (κ2) is 8.13. The number of nitrogens with one attached hydrogen (secondary N) is 1. The Hall–Kier alpha value is -4.06. The van der Waals surface area contributed by atoms with E-state index >= 15 is 0 Å². The van der Waals surface area contributed by atoms with Gasteiger partial charge < -0.3 is 11.1 Å². The molecule has 3 N–H and O–H groups in total. The van der Waals surface area contributed by atoms with Crippen molar-refractivity contribution >= 4 is 17.7 Å². The van der Waals surface area contributed by atoms with Crippen molar-refractivity contribution in [3.05, 3.63) is 71.3 Å². The van der Waals surface area contributed by atoms with Crippen molar-refractivity contribution in [2.45, 2.75) is 19.4 Å². The number of hydrogen-bond acceptors (Lipinski definition) is 6. The van der Waals surface area contributed by atoms with Gasteiger partial charge in [0, 0.05) is 37.1 Å². The highest BCUT2D eigenvalue weighted by molar-refractivity contribution is 5.94. The normalized spacial score (nSPS) is 13.2. The van der Waals surface area contributed by atoms with Crippen LogP contribution >= 0.6 is 0 Å². The predicted octanol–water partition coefficient (Wildman–Crippen LogP) is 2.22. The fraction of sp³-hybridized carbons (Fsp3) is 0.190. The first-order valence-corrected chi connectivity index (χ1v) is 9.27. The summed E-state index contributed by atoms with van der Waals surface area (Å²) in [5.74, 6) is 5.72. The number of nitrogens with two attached hydrogens (primary N) is 1. The highest BCUT2D eigenvalue weighted by atomic mass is 19.1. The molecule has 3 aromatic rings. The number of pyridine rings is 2. The van der Waals surface area contributed by atoms with Crippen molar-refractivity contribution in [3.63, 3.8) is 0 Å². The standard InChI is InChI=1S/C21H18FN7O/c1-13(17-5-4-16(22)12-25-17)28-21(30)29-7-6-18-19(29)8-14(9-24-18)2-3-15-10-26-20(23)27-11-15/h4-5,8-13H,6-7H2,1H3,(H,28,30)(H2,23,26,27)/t13-/m0/s1. The highest BCUT2D eigenvalue weighted by Crippen LogP contribution is 2.27. The average molecular weight is 403 g/mol. The van der Waals surface area contributed by atoms with Gasteiger partial charge in [0.25, 0.3) is 0 Å². The molecule has 0 fully saturated rings. The molecule has 0 radical (unpaired) electrons. The number of rotatable bonds is 2. The number of hydrogen-bond donors (Lipinski definition) is 2. The van der Waals surface area contributed by atoms with Gasteiger partial charge in [-0.1, -0.05) is 11.8 Å². The lowest BCUT2D eigenvalue weighted by atomic mass is 10.2. The zero-order valence-corrected chi connectivity index (χ0v) is 16.1. The molecule has 150 valence electrons. The van der Waals surface area contributed by atoms with E-state index in [9.17, 15) is 9.18 Å². The zero-order chi connectivity index (χ0) is 21.1. The second-order valence-corrected chi connectivity index (χ2v) is 6.74. The first kappa shape index (κ1) is 19.3. The van der Waals surface area contributed by atoms with Gasteiger partial charge in [-0.15, -0.1) is 0 Å². The first-order valence-electron chi connectivity index (χ1n) is 9.27. The molecule has 30 heavy (non-hydrogen) atoms. The lowest BCUT2D eigenvalue weighted by Crippen LogP contribution is -2.40. The third-order valence-electron chi connectivity index (χ3n) is 4.61. The summed E-state index contributed by atoms with van der Waals surface area (Å²) >= 11 is 0. The van der Waals surface area contributed by atoms with Gasteiger partial charge in [-0.2, -0.15) is 0 Å². The van der Waals surface area contributed by atoms with Crippen molar-refractivity contribution in [2.75, 3.05) is 17.2 Å². The molecule has 3 aromatic heterocycles. The first-order chi connectivity index (χ1) is 14.5. The van der Waals surface area contributed by atoms with Gasteiger partial charge in [0.05, 0.1) is 34.9 Å². The van der Waals surface area contributed by atoms with Crippen LogP contribution < -0.4 is 16.0 Å². The smallest absolute Gasteiger partial charge is 0.322 e. The molecule has 0 aliphatic carbocycles. The maximum absolute atomic E-state index is 13.1. The molecule has 4 heterocycles. The van der Waals surface area contributed by atoms with Gasteiger partial charge in [0.2, 0.25) is 5.95 Å². The number of nitrogens with zero attached hydrogens (tertiary/aromatic N) is 5. The van der Waals surface area contributed by atoms with Gasteiger partial charge in [0.15, 0.2) is 0 Å². The minimum Gasteiger partial charge on any atom is -0.368 e. The fourth-order valence-electron chi connectivity index (χ4n) is 3.05. The molecule has 0 aromatic carbocycles. The molecule has 1 atom stereocenters. The highest BCUT2D eigenvalue weighted by Gasteiger charge is 2.27. The lowest BCUT2D eigenvalue weighted by molar-refractivity contribution is 0.243. The molecule has 8 nitrogen and oxygen atoms in total. The van der Waals surface area contributed by atoms with Crippen molar-refractivity contribution < 1.29 is 9.18 Å². The van der Waals surface area contributed by atoms with Crippen molar-refractivity contribution in [2.24, 2.45) is 0 Å². The molecule has 0 unspecified atom stereocenters. The van der Waals surface area contributed by atoms with Crippen LogP contribution in [0, 0.1) is 17.7 Å². The topological polar surface area (TPSA) is 110 Å². The number of amides is 2. The van der Waals surface area contributed by atoms with Crippen molar-refractivity contribution in [1.29, 1.82) is 0 Å². The van der Waals surface area contributed by atoms with Gasteiger partial charge in [-0.25, -0.2) is 19.2 Å². The van der Waals surface area contributed by atoms with E-state index in [0.717, 1.165) is 11.9 Å². The van der Waals surface area contributed by atoms with E-state index in [0.29, 0.717) is 35.5 Å². The Labute approximate surface area is 172 Å². The number of urea groups is 1. The van der Waals surface area contributed by atoms with Crippen LogP contribution in [-0.2, 0) is 6.42 Å². The van der Waals surface area contributed by atoms with Crippen LogP contribution in [0.1, 0.15) is 35.5 Å². The zero-order valence-electron chi connectivity index (χ0n) is 16.1. The van der Waals surface area contributed by atoms with Crippen LogP contribution in [-0.4, -0.2) is 32.5 Å². The molecular weight excluding hydrogens is 385 g/mol. The van der Waals surface area contributed by atoms with E-state index in [4.69, 9.17) is 5.73 Å². The van der Waals surface area contributed by atoms with Crippen LogP contribution in [0.3, 0.4) is 0 Å². The molecule has 9 heteroatoms. The van der Waals surface area contributed by atoms with Crippen LogP contribution in [0.4, 0.5) is 20.8 Å². The summed E-state index contributed by atoms with van der Waals surface area (Å²) < 4.78 is 13.1. The average Bonchev–Trinajstić information content (AvgIpc) is 3.17. The van der Waals surface area contributed by atoms with Gasteiger partial charge in [-0.3, -0.25) is 14.9 Å². The van der Waals surface area contributed by atoms with E-state index in [1.54, 1.807) is 36.5 Å². The maximum atomic E-state index is 13.1. The summed E-state index contributed by atoms with van der Waals surface area (Å²) in [6.07, 6.45) is 6.55. The number of carbonyl (C=O) groups is 1. The summed E-state index contributed by atoms with van der Waals surface area (Å²) in [7, 11) is 0. The Morgan fingerprint density at radius 1 is 1.13 bits per heavy atom. The van der Waals surface area contributed by atoms with E-state index < -0.39 is 5.82 Å². The van der Waals surface area contributed by atoms with Crippen LogP contribution in [0.5, 0.6) is 0 Å². The van der Waals surface area contributed by atoms with Crippen LogP contribution in [0.15, 0.2) is 43.0 Å². The Kier molecular flexibility index (Phi) is 5.22. The molecule has 2 amide bonds. The van der Waals surface area contributed by atoms with Crippen molar-refractivity contribution in [1.82, 2.24) is 25.3 Å². The number of carbonyl (C=O) groups excluding carboxylic acids is 1. The third-order valence-corrected chi connectivity index (χ3v) is 4.61. The molecule has 0 saturated carbocycles. The molecule has 4 rings (SSSR count). The minimum absolute atomic E-state index is 0.187. The molecule has 1 aliphatic rings. The molecule has 0 spiro atoms. The largest absolute Gasteiger partial charge is 0.368 e. The molecule has 0 saturated heterocycles. The van der Waals surface area contributed by atoms with Gasteiger partial charge in [0.1, 0.15) is 5.82 Å². The number of fused-ring (bicyclic) bond motifs is 1. The second-order valence-electron chi connectivity index (χ2n) is 6.74. The van der Waals surface area contributed by atoms with Gasteiger partial charge >= 0.3 is 6.03 Å². The number of halogens is 1. The van der Waals surface area contributed by atoms with Crippen molar-refractivity contribution in [3.8, 4) is 11.8 Å². The van der Waals surface area contributed by atoms with E-state index in [1.807, 2.05) is 6.07 Å². The van der Waals surface area contributed by atoms with Gasteiger partial charge in [-0.05, 0) is 25.1 Å². The van der Waals surface area contributed by atoms with E-state index in [1.165, 1.54) is 6.07 Å². The molecule has 0 bridgehead atoms. The Morgan fingerprint density at radius 3 is 2.60 bits per heavy atom. The summed E-state index contributed by atoms with van der Waals surface area (Å²) in [6.45, 7) is 2.31. The van der Waals surface area contributed by atoms with E-state index in [-0.39, 0.29) is 18.0 Å². The van der Waals surface area contributed by atoms with Crippen LogP contribution in [0.2, 0.25) is 0 Å². The molecular formula is C21H18FN7O. The lowest BCUT2D eigenvalue weighted by Gasteiger charge is -2.21. The third kappa shape index (κ3) is 4.17. The number of nitrogen functional groups attached to an aromatic ring is 1. The predicted molar refractivity (Wildman–Crippen MR) is 109 cm³/mol. The number of aromatic nitrogens is 4. The summed E-state index contributed by atoms with van der Waals surface area (Å²) in [5, 5.41) is 2.89. The molecule has 1 aliphatic heterocycles. The Morgan fingerprint density at radius 2 is 1.87 bits per heavy atom. The fourth-order valence-corrected chi connectivity index (χ4v) is 3.05. The quantitative estimate of drug-likeness (QED) is 0.635. The van der Waals surface area contributed by atoms with E-state index in [2.05, 4.69) is 37.1 Å². The monoisotopic (exact) mass is 403 g/mol. The summed E-state index contributed by atoms with van der Waals surface area (Å²) in [6, 6.07) is 4.06. The number of anilines is 2. The Bertz CT molecular complexity index is 1140. The Balaban J connectivity index is 1.50. The van der Waals surface area contributed by atoms with Crippen LogP contribution in [0.25, 0.3) is 0 Å². The maximum Gasteiger partial charge on any atom is 0.322 e.